The van der Waals surface area contributed by atoms with Gasteiger partial charge >= 0.3 is 0 Å². The highest BCUT2D eigenvalue weighted by molar-refractivity contribution is 7.16. The van der Waals surface area contributed by atoms with Crippen LogP contribution < -0.4 is 5.32 Å². The van der Waals surface area contributed by atoms with Crippen molar-refractivity contribution >= 4 is 34.8 Å². The van der Waals surface area contributed by atoms with E-state index in [1.54, 1.807) is 29.4 Å². The normalized spacial score (nSPS) is 16.8. The van der Waals surface area contributed by atoms with Crippen LogP contribution in [0.4, 0.5) is 0 Å². The molecule has 2 aromatic heterocycles. The van der Waals surface area contributed by atoms with Gasteiger partial charge in [-0.25, -0.2) is 0 Å². The van der Waals surface area contributed by atoms with Crippen molar-refractivity contribution in [3.8, 4) is 0 Å². The molecule has 0 radical (unpaired) electrons. The molecule has 0 spiro atoms. The summed E-state index contributed by atoms with van der Waals surface area (Å²) in [5.41, 5.74) is 1.50. The Morgan fingerprint density at radius 3 is 2.65 bits per heavy atom. The summed E-state index contributed by atoms with van der Waals surface area (Å²) in [5, 5.41) is 3.00. The molecule has 1 unspecified atom stereocenters. The van der Waals surface area contributed by atoms with E-state index in [4.69, 9.17) is 11.6 Å². The summed E-state index contributed by atoms with van der Waals surface area (Å²) in [4.78, 5) is 35.3. The van der Waals surface area contributed by atoms with Crippen LogP contribution in [0.5, 0.6) is 0 Å². The number of nitrogens with one attached hydrogen (secondary N) is 1. The van der Waals surface area contributed by atoms with E-state index in [9.17, 15) is 9.59 Å². The van der Waals surface area contributed by atoms with Crippen LogP contribution >= 0.6 is 22.9 Å². The number of carbonyl (C=O) groups excluding carboxylic acids is 2. The molecule has 2 amide bonds. The van der Waals surface area contributed by atoms with Gasteiger partial charge in [0.25, 0.3) is 5.91 Å². The fourth-order valence-electron chi connectivity index (χ4n) is 3.67. The molecule has 1 atom stereocenters. The zero-order valence-corrected chi connectivity index (χ0v) is 18.5. The minimum absolute atomic E-state index is 0.157. The van der Waals surface area contributed by atoms with Crippen molar-refractivity contribution in [3.05, 3.63) is 87.3 Å². The van der Waals surface area contributed by atoms with Crippen molar-refractivity contribution in [2.24, 2.45) is 0 Å². The lowest BCUT2D eigenvalue weighted by atomic mass is 10.1. The molecule has 0 saturated carbocycles. The molecule has 1 fully saturated rings. The number of nitrogens with zero attached hydrogens (tertiary/aromatic N) is 3. The molecule has 1 aromatic carbocycles. The van der Waals surface area contributed by atoms with E-state index in [1.807, 2.05) is 42.5 Å². The van der Waals surface area contributed by atoms with Gasteiger partial charge in [-0.2, -0.15) is 0 Å². The van der Waals surface area contributed by atoms with Gasteiger partial charge in [-0.05, 0) is 29.8 Å². The third-order valence-electron chi connectivity index (χ3n) is 5.25. The van der Waals surface area contributed by atoms with Gasteiger partial charge in [-0.15, -0.1) is 11.3 Å². The minimum atomic E-state index is -0.583. The highest BCUT2D eigenvalue weighted by Gasteiger charge is 2.35. The number of halogens is 1. The van der Waals surface area contributed by atoms with Crippen molar-refractivity contribution in [1.29, 1.82) is 0 Å². The summed E-state index contributed by atoms with van der Waals surface area (Å²) in [5.74, 6) is -0.332. The Balaban J connectivity index is 1.49. The maximum absolute atomic E-state index is 13.2. The zero-order chi connectivity index (χ0) is 21.6. The number of aromatic nitrogens is 1. The van der Waals surface area contributed by atoms with E-state index in [0.717, 1.165) is 14.8 Å². The molecule has 0 bridgehead atoms. The predicted molar refractivity (Wildman–Crippen MR) is 122 cm³/mol. The van der Waals surface area contributed by atoms with Crippen LogP contribution in [0.2, 0.25) is 4.34 Å². The largest absolute Gasteiger partial charge is 0.350 e. The van der Waals surface area contributed by atoms with Gasteiger partial charge in [-0.1, -0.05) is 41.9 Å². The van der Waals surface area contributed by atoms with E-state index in [2.05, 4.69) is 15.2 Å². The SMILES string of the molecule is O=C(NCc1ccccc1)C1CN(Cc2ccc(Cl)s2)CCN1C(=O)c1cccnc1. The number of rotatable bonds is 6. The summed E-state index contributed by atoms with van der Waals surface area (Å²) in [7, 11) is 0. The molecular weight excluding hydrogens is 432 g/mol. The second-order valence-corrected chi connectivity index (χ2v) is 9.20. The van der Waals surface area contributed by atoms with Crippen LogP contribution in [-0.4, -0.2) is 52.3 Å². The van der Waals surface area contributed by atoms with Crippen molar-refractivity contribution in [1.82, 2.24) is 20.1 Å². The molecule has 1 aliphatic heterocycles. The first kappa shape index (κ1) is 21.5. The van der Waals surface area contributed by atoms with Crippen molar-refractivity contribution in [2.75, 3.05) is 19.6 Å². The van der Waals surface area contributed by atoms with Gasteiger partial charge in [0.15, 0.2) is 0 Å². The summed E-state index contributed by atoms with van der Waals surface area (Å²) in [6.45, 7) is 2.74. The number of piperazine rings is 1. The first-order valence-corrected chi connectivity index (χ1v) is 11.3. The number of hydrogen-bond donors (Lipinski definition) is 1. The van der Waals surface area contributed by atoms with Gasteiger partial charge in [0.05, 0.1) is 9.90 Å². The molecule has 8 heteroatoms. The molecule has 1 saturated heterocycles. The highest BCUT2D eigenvalue weighted by Crippen LogP contribution is 2.24. The fraction of sp³-hybridized carbons (Fsp3) is 0.261. The van der Waals surface area contributed by atoms with Crippen LogP contribution in [0.25, 0.3) is 0 Å². The molecule has 3 aromatic rings. The summed E-state index contributed by atoms with van der Waals surface area (Å²) >= 11 is 7.60. The van der Waals surface area contributed by atoms with Gasteiger partial charge in [0.1, 0.15) is 6.04 Å². The van der Waals surface area contributed by atoms with E-state index in [-0.39, 0.29) is 11.8 Å². The van der Waals surface area contributed by atoms with Crippen LogP contribution in [0, 0.1) is 0 Å². The van der Waals surface area contributed by atoms with E-state index in [1.165, 1.54) is 11.3 Å². The number of thiophene rings is 1. The monoisotopic (exact) mass is 454 g/mol. The maximum Gasteiger partial charge on any atom is 0.256 e. The second-order valence-electron chi connectivity index (χ2n) is 7.40. The van der Waals surface area contributed by atoms with E-state index < -0.39 is 6.04 Å². The van der Waals surface area contributed by atoms with E-state index >= 15 is 0 Å². The van der Waals surface area contributed by atoms with Crippen LogP contribution in [0.1, 0.15) is 20.8 Å². The van der Waals surface area contributed by atoms with Crippen LogP contribution in [0.15, 0.2) is 67.0 Å². The second kappa shape index (κ2) is 10.0. The topological polar surface area (TPSA) is 65.5 Å². The van der Waals surface area contributed by atoms with Gasteiger partial charge in [-0.3, -0.25) is 19.5 Å². The molecular formula is C23H23ClN4O2S. The Hall–Kier alpha value is -2.74. The van der Waals surface area contributed by atoms with Gasteiger partial charge in [0.2, 0.25) is 5.91 Å². The Bertz CT molecular complexity index is 1030. The van der Waals surface area contributed by atoms with Gasteiger partial charge in [0, 0.05) is 50.0 Å². The third kappa shape index (κ3) is 5.50. The van der Waals surface area contributed by atoms with Crippen molar-refractivity contribution < 1.29 is 9.59 Å². The lowest BCUT2D eigenvalue weighted by molar-refractivity contribution is -0.128. The fourth-order valence-corrected chi connectivity index (χ4v) is 4.80. The first-order chi connectivity index (χ1) is 15.1. The van der Waals surface area contributed by atoms with Gasteiger partial charge < -0.3 is 10.2 Å². The molecule has 0 aliphatic carbocycles. The Labute approximate surface area is 190 Å². The zero-order valence-electron chi connectivity index (χ0n) is 16.9. The maximum atomic E-state index is 13.2. The smallest absolute Gasteiger partial charge is 0.256 e. The van der Waals surface area contributed by atoms with Crippen LogP contribution in [0.3, 0.4) is 0 Å². The predicted octanol–water partition coefficient (Wildman–Crippen LogP) is 3.44. The number of benzene rings is 1. The average molecular weight is 455 g/mol. The Morgan fingerprint density at radius 1 is 1.10 bits per heavy atom. The molecule has 1 aliphatic rings. The molecule has 31 heavy (non-hydrogen) atoms. The quantitative estimate of drug-likeness (QED) is 0.619. The molecule has 4 rings (SSSR count). The summed E-state index contributed by atoms with van der Waals surface area (Å²) in [6.07, 6.45) is 3.17. The average Bonchev–Trinajstić information content (AvgIpc) is 3.22. The number of amides is 2. The Morgan fingerprint density at radius 2 is 1.94 bits per heavy atom. The Kier molecular flexibility index (Phi) is 6.96. The minimum Gasteiger partial charge on any atom is -0.350 e. The molecule has 6 nitrogen and oxygen atoms in total. The summed E-state index contributed by atoms with van der Waals surface area (Å²) < 4.78 is 0.748. The standard InChI is InChI=1S/C23H23ClN4O2S/c24-21-9-8-19(31-21)15-27-11-12-28(23(30)18-7-4-10-25-14-18)20(16-27)22(29)26-13-17-5-2-1-3-6-17/h1-10,14,20H,11-13,15-16H2,(H,26,29). The van der Waals surface area contributed by atoms with Crippen molar-refractivity contribution in [2.45, 2.75) is 19.1 Å². The number of carbonyl (C=O) groups is 2. The van der Waals surface area contributed by atoms with E-state index in [0.29, 0.717) is 38.3 Å². The lowest BCUT2D eigenvalue weighted by Gasteiger charge is -2.40. The number of pyridine rings is 1. The highest BCUT2D eigenvalue weighted by atomic mass is 35.5. The lowest BCUT2D eigenvalue weighted by Crippen LogP contribution is -2.60. The summed E-state index contributed by atoms with van der Waals surface area (Å²) in [6, 6.07) is 16.5. The number of hydrogen-bond acceptors (Lipinski definition) is 5. The van der Waals surface area contributed by atoms with Crippen LogP contribution in [-0.2, 0) is 17.9 Å². The third-order valence-corrected chi connectivity index (χ3v) is 6.47. The van der Waals surface area contributed by atoms with Crippen molar-refractivity contribution in [3.63, 3.8) is 0 Å². The first-order valence-electron chi connectivity index (χ1n) is 10.1. The molecule has 1 N–H and O–H groups in total. The molecule has 3 heterocycles. The molecule has 160 valence electrons.